The van der Waals surface area contributed by atoms with Gasteiger partial charge in [0.1, 0.15) is 0 Å². The molecule has 2 heterocycles. The van der Waals surface area contributed by atoms with Gasteiger partial charge in [-0.25, -0.2) is 0 Å². The molecule has 0 bridgehead atoms. The van der Waals surface area contributed by atoms with E-state index in [1.807, 2.05) is 30.6 Å². The number of pyridine rings is 2. The van der Waals surface area contributed by atoms with E-state index in [0.29, 0.717) is 0 Å². The van der Waals surface area contributed by atoms with Gasteiger partial charge >= 0.3 is 0 Å². The van der Waals surface area contributed by atoms with E-state index in [-0.39, 0.29) is 0 Å². The molecule has 1 aromatic carbocycles. The molecule has 0 aliphatic heterocycles. The Morgan fingerprint density at radius 1 is 1.00 bits per heavy atom. The Bertz CT molecular complexity index is 725. The molecule has 0 radical (unpaired) electrons. The third-order valence-electron chi connectivity index (χ3n) is 3.91. The number of para-hydroxylation sites is 1. The SMILES string of the molecule is CCN(CCc1ccccn1)Cc1cnc2ccccc2c1. The maximum atomic E-state index is 4.55. The first-order valence-electron chi connectivity index (χ1n) is 7.81. The van der Waals surface area contributed by atoms with Crippen LogP contribution in [0.5, 0.6) is 0 Å². The molecule has 0 saturated heterocycles. The van der Waals surface area contributed by atoms with Crippen LogP contribution in [0.3, 0.4) is 0 Å². The predicted octanol–water partition coefficient (Wildman–Crippen LogP) is 3.69. The summed E-state index contributed by atoms with van der Waals surface area (Å²) < 4.78 is 0. The minimum Gasteiger partial charge on any atom is -0.299 e. The van der Waals surface area contributed by atoms with E-state index in [4.69, 9.17) is 0 Å². The average molecular weight is 291 g/mol. The summed E-state index contributed by atoms with van der Waals surface area (Å²) in [7, 11) is 0. The summed E-state index contributed by atoms with van der Waals surface area (Å²) in [5.41, 5.74) is 3.47. The molecular weight excluding hydrogens is 270 g/mol. The molecule has 0 unspecified atom stereocenters. The second-order valence-corrected chi connectivity index (χ2v) is 5.48. The summed E-state index contributed by atoms with van der Waals surface area (Å²) in [6, 6.07) is 16.6. The van der Waals surface area contributed by atoms with Crippen molar-refractivity contribution in [3.05, 3.63) is 72.2 Å². The van der Waals surface area contributed by atoms with Crippen molar-refractivity contribution in [3.8, 4) is 0 Å². The van der Waals surface area contributed by atoms with Crippen LogP contribution < -0.4 is 0 Å². The molecule has 3 aromatic rings. The Balaban J connectivity index is 1.66. The van der Waals surface area contributed by atoms with Gasteiger partial charge in [0.25, 0.3) is 0 Å². The molecule has 0 N–H and O–H groups in total. The zero-order valence-electron chi connectivity index (χ0n) is 12.9. The van der Waals surface area contributed by atoms with Crippen LogP contribution in [-0.2, 0) is 13.0 Å². The highest BCUT2D eigenvalue weighted by Crippen LogP contribution is 2.14. The molecule has 0 aliphatic rings. The van der Waals surface area contributed by atoms with Crippen molar-refractivity contribution in [1.29, 1.82) is 0 Å². The van der Waals surface area contributed by atoms with Gasteiger partial charge < -0.3 is 0 Å². The van der Waals surface area contributed by atoms with E-state index in [1.165, 1.54) is 10.9 Å². The van der Waals surface area contributed by atoms with E-state index < -0.39 is 0 Å². The molecule has 0 aliphatic carbocycles. The van der Waals surface area contributed by atoms with Crippen molar-refractivity contribution in [2.75, 3.05) is 13.1 Å². The van der Waals surface area contributed by atoms with Crippen LogP contribution in [0.4, 0.5) is 0 Å². The van der Waals surface area contributed by atoms with Crippen molar-refractivity contribution in [1.82, 2.24) is 14.9 Å². The smallest absolute Gasteiger partial charge is 0.0702 e. The van der Waals surface area contributed by atoms with Crippen LogP contribution in [0.15, 0.2) is 60.9 Å². The molecule has 112 valence electrons. The fourth-order valence-electron chi connectivity index (χ4n) is 2.63. The average Bonchev–Trinajstić information content (AvgIpc) is 2.59. The Labute approximate surface area is 131 Å². The lowest BCUT2D eigenvalue weighted by atomic mass is 10.1. The van der Waals surface area contributed by atoms with Gasteiger partial charge in [-0.05, 0) is 36.4 Å². The predicted molar refractivity (Wildman–Crippen MR) is 90.6 cm³/mol. The van der Waals surface area contributed by atoms with Gasteiger partial charge in [-0.1, -0.05) is 31.2 Å². The molecule has 3 nitrogen and oxygen atoms in total. The van der Waals surface area contributed by atoms with Crippen LogP contribution in [0.2, 0.25) is 0 Å². The molecule has 0 fully saturated rings. The summed E-state index contributed by atoms with van der Waals surface area (Å²) in [6.45, 7) is 5.17. The lowest BCUT2D eigenvalue weighted by Gasteiger charge is -2.20. The van der Waals surface area contributed by atoms with Crippen LogP contribution >= 0.6 is 0 Å². The zero-order chi connectivity index (χ0) is 15.2. The first-order valence-corrected chi connectivity index (χ1v) is 7.81. The number of hydrogen-bond donors (Lipinski definition) is 0. The van der Waals surface area contributed by atoms with E-state index >= 15 is 0 Å². The van der Waals surface area contributed by atoms with Crippen molar-refractivity contribution in [2.45, 2.75) is 19.9 Å². The normalized spacial score (nSPS) is 11.2. The van der Waals surface area contributed by atoms with Gasteiger partial charge in [-0.3, -0.25) is 14.9 Å². The monoisotopic (exact) mass is 291 g/mol. The Morgan fingerprint density at radius 2 is 1.86 bits per heavy atom. The third-order valence-corrected chi connectivity index (χ3v) is 3.91. The number of rotatable bonds is 6. The lowest BCUT2D eigenvalue weighted by Crippen LogP contribution is -2.25. The quantitative estimate of drug-likeness (QED) is 0.693. The third kappa shape index (κ3) is 3.68. The zero-order valence-corrected chi connectivity index (χ0v) is 12.9. The van der Waals surface area contributed by atoms with E-state index in [9.17, 15) is 0 Å². The van der Waals surface area contributed by atoms with Crippen molar-refractivity contribution >= 4 is 10.9 Å². The number of hydrogen-bond acceptors (Lipinski definition) is 3. The fraction of sp³-hybridized carbons (Fsp3) is 0.263. The number of benzene rings is 1. The number of aromatic nitrogens is 2. The van der Waals surface area contributed by atoms with Crippen molar-refractivity contribution < 1.29 is 0 Å². The molecule has 0 atom stereocenters. The van der Waals surface area contributed by atoms with E-state index in [2.05, 4.69) is 52.1 Å². The van der Waals surface area contributed by atoms with Crippen molar-refractivity contribution in [2.24, 2.45) is 0 Å². The molecule has 3 heteroatoms. The van der Waals surface area contributed by atoms with Gasteiger partial charge in [0.15, 0.2) is 0 Å². The maximum Gasteiger partial charge on any atom is 0.0702 e. The summed E-state index contributed by atoms with van der Waals surface area (Å²) >= 11 is 0. The second kappa shape index (κ2) is 7.14. The first kappa shape index (κ1) is 14.7. The van der Waals surface area contributed by atoms with Gasteiger partial charge in [-0.2, -0.15) is 0 Å². The number of nitrogens with zero attached hydrogens (tertiary/aromatic N) is 3. The highest BCUT2D eigenvalue weighted by molar-refractivity contribution is 5.78. The molecule has 0 saturated carbocycles. The summed E-state index contributed by atoms with van der Waals surface area (Å²) in [5, 5.41) is 1.21. The molecule has 22 heavy (non-hydrogen) atoms. The molecule has 2 aromatic heterocycles. The summed E-state index contributed by atoms with van der Waals surface area (Å²) in [4.78, 5) is 11.4. The highest BCUT2D eigenvalue weighted by Gasteiger charge is 2.06. The van der Waals surface area contributed by atoms with E-state index in [1.54, 1.807) is 0 Å². The molecule has 0 amide bonds. The standard InChI is InChI=1S/C19H21N3/c1-2-22(12-10-18-8-5-6-11-20-18)15-16-13-17-7-3-4-9-19(17)21-14-16/h3-9,11,13-14H,2,10,12,15H2,1H3. The summed E-state index contributed by atoms with van der Waals surface area (Å²) in [5.74, 6) is 0. The second-order valence-electron chi connectivity index (χ2n) is 5.48. The Hall–Kier alpha value is -2.26. The lowest BCUT2D eigenvalue weighted by molar-refractivity contribution is 0.282. The topological polar surface area (TPSA) is 29.0 Å². The van der Waals surface area contributed by atoms with E-state index in [0.717, 1.165) is 37.3 Å². The number of likely N-dealkylation sites (N-methyl/N-ethyl adjacent to an activating group) is 1. The fourth-order valence-corrected chi connectivity index (χ4v) is 2.63. The first-order chi connectivity index (χ1) is 10.8. The van der Waals surface area contributed by atoms with Gasteiger partial charge in [-0.15, -0.1) is 0 Å². The Kier molecular flexibility index (Phi) is 4.76. The highest BCUT2D eigenvalue weighted by atomic mass is 15.1. The minimum absolute atomic E-state index is 0.932. The molecule has 3 rings (SSSR count). The molecular formula is C19H21N3. The maximum absolute atomic E-state index is 4.55. The van der Waals surface area contributed by atoms with Crippen LogP contribution in [0, 0.1) is 0 Å². The van der Waals surface area contributed by atoms with Crippen LogP contribution in [0.1, 0.15) is 18.2 Å². The number of fused-ring (bicyclic) bond motifs is 1. The van der Waals surface area contributed by atoms with Crippen LogP contribution in [0.25, 0.3) is 10.9 Å². The van der Waals surface area contributed by atoms with Crippen LogP contribution in [-0.4, -0.2) is 28.0 Å². The van der Waals surface area contributed by atoms with Gasteiger partial charge in [0.2, 0.25) is 0 Å². The molecule has 0 spiro atoms. The van der Waals surface area contributed by atoms with Gasteiger partial charge in [0.05, 0.1) is 5.52 Å². The minimum atomic E-state index is 0.932. The van der Waals surface area contributed by atoms with Crippen molar-refractivity contribution in [3.63, 3.8) is 0 Å². The largest absolute Gasteiger partial charge is 0.299 e. The van der Waals surface area contributed by atoms with Gasteiger partial charge in [0, 0.05) is 43.0 Å². The summed E-state index contributed by atoms with van der Waals surface area (Å²) in [6.07, 6.45) is 4.83. The Morgan fingerprint density at radius 3 is 2.68 bits per heavy atom.